The fourth-order valence-electron chi connectivity index (χ4n) is 2.00. The van der Waals surface area contributed by atoms with Crippen LogP contribution in [-0.4, -0.2) is 35.5 Å². The summed E-state index contributed by atoms with van der Waals surface area (Å²) < 4.78 is 13.2. The van der Waals surface area contributed by atoms with Crippen LogP contribution in [0.2, 0.25) is 0 Å². The molecule has 0 unspecified atom stereocenters. The molecule has 2 rings (SSSR count). The van der Waals surface area contributed by atoms with Crippen LogP contribution in [0.4, 0.5) is 0 Å². The van der Waals surface area contributed by atoms with Crippen molar-refractivity contribution in [3.63, 3.8) is 0 Å². The minimum absolute atomic E-state index is 0.707. The molecule has 6 nitrogen and oxygen atoms in total. The van der Waals surface area contributed by atoms with Gasteiger partial charge in [0.15, 0.2) is 17.3 Å². The van der Waals surface area contributed by atoms with Crippen LogP contribution >= 0.6 is 15.9 Å². The summed E-state index contributed by atoms with van der Waals surface area (Å²) in [6.45, 7) is 1.56. The van der Waals surface area contributed by atoms with Crippen LogP contribution in [0.1, 0.15) is 11.4 Å². The standard InChI is InChI=1S/C14H19BrN4O2/c1-19-9-17-13(18-19)4-5-16-8-10-6-11(15)14(21-3)12(7-10)20-2/h6-7,9,16H,4-5,8H2,1-3H3. The van der Waals surface area contributed by atoms with Gasteiger partial charge in [0.05, 0.1) is 18.7 Å². The Morgan fingerprint density at radius 2 is 2.10 bits per heavy atom. The predicted molar refractivity (Wildman–Crippen MR) is 83.7 cm³/mol. The molecule has 1 heterocycles. The Bertz CT molecular complexity index is 601. The summed E-state index contributed by atoms with van der Waals surface area (Å²) in [4.78, 5) is 4.19. The lowest BCUT2D eigenvalue weighted by atomic mass is 10.2. The topological polar surface area (TPSA) is 61.2 Å². The number of hydrogen-bond donors (Lipinski definition) is 1. The van der Waals surface area contributed by atoms with E-state index in [2.05, 4.69) is 31.3 Å². The Hall–Kier alpha value is -1.60. The number of hydrogen-bond acceptors (Lipinski definition) is 5. The van der Waals surface area contributed by atoms with Gasteiger partial charge in [-0.25, -0.2) is 4.98 Å². The molecule has 0 saturated carbocycles. The molecule has 1 N–H and O–H groups in total. The van der Waals surface area contributed by atoms with E-state index in [1.165, 1.54) is 0 Å². The van der Waals surface area contributed by atoms with Crippen LogP contribution in [0.25, 0.3) is 0 Å². The molecule has 0 aliphatic carbocycles. The second-order valence-corrected chi connectivity index (χ2v) is 5.43. The largest absolute Gasteiger partial charge is 0.493 e. The molecule has 0 saturated heterocycles. The van der Waals surface area contributed by atoms with Gasteiger partial charge in [-0.05, 0) is 33.6 Å². The lowest BCUT2D eigenvalue weighted by Crippen LogP contribution is -2.17. The van der Waals surface area contributed by atoms with Crippen molar-refractivity contribution in [2.45, 2.75) is 13.0 Å². The normalized spacial score (nSPS) is 10.7. The molecule has 0 aliphatic rings. The molecule has 0 bridgehead atoms. The first-order chi connectivity index (χ1) is 10.1. The Labute approximate surface area is 132 Å². The summed E-state index contributed by atoms with van der Waals surface area (Å²) in [6, 6.07) is 3.99. The number of nitrogens with zero attached hydrogens (tertiary/aromatic N) is 3. The molecule has 114 valence electrons. The zero-order valence-corrected chi connectivity index (χ0v) is 14.0. The summed E-state index contributed by atoms with van der Waals surface area (Å²) in [7, 11) is 5.12. The highest BCUT2D eigenvalue weighted by atomic mass is 79.9. The van der Waals surface area contributed by atoms with E-state index in [0.717, 1.165) is 41.1 Å². The molecule has 2 aromatic rings. The molecule has 0 radical (unpaired) electrons. The van der Waals surface area contributed by atoms with Crippen molar-refractivity contribution in [1.29, 1.82) is 0 Å². The van der Waals surface area contributed by atoms with E-state index in [0.29, 0.717) is 5.75 Å². The van der Waals surface area contributed by atoms with E-state index < -0.39 is 0 Å². The zero-order valence-electron chi connectivity index (χ0n) is 12.4. The minimum atomic E-state index is 0.707. The maximum Gasteiger partial charge on any atom is 0.174 e. The summed E-state index contributed by atoms with van der Waals surface area (Å²) in [5.74, 6) is 2.27. The first kappa shape index (κ1) is 15.8. The van der Waals surface area contributed by atoms with Gasteiger partial charge >= 0.3 is 0 Å². The van der Waals surface area contributed by atoms with Gasteiger partial charge in [0.25, 0.3) is 0 Å². The van der Waals surface area contributed by atoms with Crippen molar-refractivity contribution < 1.29 is 9.47 Å². The Morgan fingerprint density at radius 3 is 2.71 bits per heavy atom. The summed E-state index contributed by atoms with van der Waals surface area (Å²) in [5, 5.41) is 7.61. The average Bonchev–Trinajstić information content (AvgIpc) is 2.88. The van der Waals surface area contributed by atoms with Crippen molar-refractivity contribution in [3.8, 4) is 11.5 Å². The fourth-order valence-corrected chi connectivity index (χ4v) is 2.66. The highest BCUT2D eigenvalue weighted by Gasteiger charge is 2.10. The van der Waals surface area contributed by atoms with Gasteiger partial charge in [0, 0.05) is 26.6 Å². The molecule has 21 heavy (non-hydrogen) atoms. The molecule has 0 amide bonds. The molecule has 0 atom stereocenters. The molecule has 1 aromatic heterocycles. The third kappa shape index (κ3) is 4.18. The van der Waals surface area contributed by atoms with Crippen LogP contribution in [0.5, 0.6) is 11.5 Å². The van der Waals surface area contributed by atoms with Gasteiger partial charge in [-0.2, -0.15) is 5.10 Å². The number of ether oxygens (including phenoxy) is 2. The number of aromatic nitrogens is 3. The summed E-state index contributed by atoms with van der Waals surface area (Å²) in [6.07, 6.45) is 2.51. The third-order valence-corrected chi connectivity index (χ3v) is 3.58. The number of benzene rings is 1. The van der Waals surface area contributed by atoms with Crippen molar-refractivity contribution in [2.24, 2.45) is 7.05 Å². The maximum atomic E-state index is 5.33. The summed E-state index contributed by atoms with van der Waals surface area (Å²) in [5.41, 5.74) is 1.12. The zero-order chi connectivity index (χ0) is 15.2. The van der Waals surface area contributed by atoms with Crippen LogP contribution in [0, 0.1) is 0 Å². The van der Waals surface area contributed by atoms with Crippen molar-refractivity contribution >= 4 is 15.9 Å². The van der Waals surface area contributed by atoms with E-state index in [4.69, 9.17) is 9.47 Å². The number of nitrogens with one attached hydrogen (secondary N) is 1. The van der Waals surface area contributed by atoms with Gasteiger partial charge in [0.2, 0.25) is 0 Å². The van der Waals surface area contributed by atoms with Gasteiger partial charge in [-0.1, -0.05) is 0 Å². The van der Waals surface area contributed by atoms with Crippen LogP contribution < -0.4 is 14.8 Å². The van der Waals surface area contributed by atoms with Crippen molar-refractivity contribution in [2.75, 3.05) is 20.8 Å². The maximum absolute atomic E-state index is 5.33. The SMILES string of the molecule is COc1cc(CNCCc2ncn(C)n2)cc(Br)c1OC. The molecule has 7 heteroatoms. The van der Waals surface area contributed by atoms with E-state index >= 15 is 0 Å². The lowest BCUT2D eigenvalue weighted by Gasteiger charge is -2.12. The number of aryl methyl sites for hydroxylation is 1. The van der Waals surface area contributed by atoms with Gasteiger partial charge in [-0.3, -0.25) is 4.68 Å². The quantitative estimate of drug-likeness (QED) is 0.769. The lowest BCUT2D eigenvalue weighted by molar-refractivity contribution is 0.352. The van der Waals surface area contributed by atoms with Gasteiger partial charge in [0.1, 0.15) is 6.33 Å². The molecule has 0 aliphatic heterocycles. The number of rotatable bonds is 7. The van der Waals surface area contributed by atoms with Crippen molar-refractivity contribution in [3.05, 3.63) is 34.3 Å². The second-order valence-electron chi connectivity index (χ2n) is 4.57. The number of halogens is 1. The highest BCUT2D eigenvalue weighted by Crippen LogP contribution is 2.36. The van der Waals surface area contributed by atoms with Crippen LogP contribution in [-0.2, 0) is 20.0 Å². The Morgan fingerprint density at radius 1 is 1.29 bits per heavy atom. The van der Waals surface area contributed by atoms with Crippen molar-refractivity contribution in [1.82, 2.24) is 20.1 Å². The van der Waals surface area contributed by atoms with Crippen LogP contribution in [0.3, 0.4) is 0 Å². The molecule has 1 aromatic carbocycles. The fraction of sp³-hybridized carbons (Fsp3) is 0.429. The van der Waals surface area contributed by atoms with E-state index in [9.17, 15) is 0 Å². The highest BCUT2D eigenvalue weighted by molar-refractivity contribution is 9.10. The van der Waals surface area contributed by atoms with Crippen LogP contribution in [0.15, 0.2) is 22.9 Å². The predicted octanol–water partition coefficient (Wildman–Crippen LogP) is 1.93. The Kier molecular flexibility index (Phi) is 5.58. The monoisotopic (exact) mass is 354 g/mol. The molecule has 0 spiro atoms. The van der Waals surface area contributed by atoms with E-state index in [1.54, 1.807) is 25.2 Å². The minimum Gasteiger partial charge on any atom is -0.493 e. The third-order valence-electron chi connectivity index (χ3n) is 2.99. The molecule has 0 fully saturated rings. The average molecular weight is 355 g/mol. The first-order valence-corrected chi connectivity index (χ1v) is 7.39. The molecular weight excluding hydrogens is 336 g/mol. The number of methoxy groups -OCH3 is 2. The Balaban J connectivity index is 1.89. The van der Waals surface area contributed by atoms with Gasteiger partial charge in [-0.15, -0.1) is 0 Å². The smallest absolute Gasteiger partial charge is 0.174 e. The van der Waals surface area contributed by atoms with E-state index in [1.807, 2.05) is 19.2 Å². The summed E-state index contributed by atoms with van der Waals surface area (Å²) >= 11 is 3.49. The van der Waals surface area contributed by atoms with E-state index in [-0.39, 0.29) is 0 Å². The van der Waals surface area contributed by atoms with Gasteiger partial charge < -0.3 is 14.8 Å². The first-order valence-electron chi connectivity index (χ1n) is 6.59. The molecular formula is C14H19BrN4O2. The second kappa shape index (κ2) is 7.42.